The predicted molar refractivity (Wildman–Crippen MR) is 149 cm³/mol. The molecule has 4 aliphatic rings. The van der Waals surface area contributed by atoms with E-state index in [1.807, 2.05) is 0 Å². The van der Waals surface area contributed by atoms with Gasteiger partial charge in [-0.3, -0.25) is 0 Å². The summed E-state index contributed by atoms with van der Waals surface area (Å²) in [6, 6.07) is 0. The Morgan fingerprint density at radius 2 is 1.11 bits per heavy atom. The second kappa shape index (κ2) is 11.0. The molecule has 0 saturated heterocycles. The number of fused-ring (bicyclic) bond motifs is 2. The topological polar surface area (TPSA) is 52.6 Å². The van der Waals surface area contributed by atoms with Gasteiger partial charge in [0.2, 0.25) is 0 Å². The minimum atomic E-state index is -0.690. The van der Waals surface area contributed by atoms with Crippen LogP contribution in [-0.4, -0.2) is 23.1 Å². The molecule has 0 aromatic rings. The SMILES string of the molecule is CCC1=CC(CC)(OC(=O)C2=C(C(=O)OC3(CC)C=C(CC)C=CC3CC)C3C=CC2C3)C(CC)C=C1. The fourth-order valence-electron chi connectivity index (χ4n) is 6.73. The number of hydrogen-bond donors (Lipinski definition) is 0. The summed E-state index contributed by atoms with van der Waals surface area (Å²) in [5, 5.41) is 0. The quantitative estimate of drug-likeness (QED) is 0.226. The molecule has 200 valence electrons. The Labute approximate surface area is 223 Å². The molecule has 4 rings (SSSR count). The first-order chi connectivity index (χ1) is 17.8. The lowest BCUT2D eigenvalue weighted by molar-refractivity contribution is -0.158. The van der Waals surface area contributed by atoms with Gasteiger partial charge in [-0.05, 0) is 68.2 Å². The average molecular weight is 505 g/mol. The Morgan fingerprint density at radius 1 is 0.703 bits per heavy atom. The number of hydrogen-bond acceptors (Lipinski definition) is 4. The molecule has 6 unspecified atom stereocenters. The highest BCUT2D eigenvalue weighted by Crippen LogP contribution is 2.48. The zero-order valence-corrected chi connectivity index (χ0v) is 23.5. The molecule has 4 nitrogen and oxygen atoms in total. The van der Waals surface area contributed by atoms with Gasteiger partial charge in [-0.15, -0.1) is 0 Å². The molecular formula is C33H44O4. The van der Waals surface area contributed by atoms with Crippen LogP contribution in [0.15, 0.2) is 70.9 Å². The van der Waals surface area contributed by atoms with Crippen molar-refractivity contribution in [3.05, 3.63) is 70.9 Å². The molecule has 4 heteroatoms. The van der Waals surface area contributed by atoms with E-state index in [9.17, 15) is 9.59 Å². The van der Waals surface area contributed by atoms with E-state index in [0.29, 0.717) is 24.0 Å². The second-order valence-electron chi connectivity index (χ2n) is 11.0. The van der Waals surface area contributed by atoms with Crippen LogP contribution in [0.1, 0.15) is 86.5 Å². The highest BCUT2D eigenvalue weighted by molar-refractivity contribution is 6.03. The smallest absolute Gasteiger partial charge is 0.336 e. The number of ether oxygens (including phenoxy) is 2. The largest absolute Gasteiger partial charge is 0.451 e. The van der Waals surface area contributed by atoms with Gasteiger partial charge in [-0.2, -0.15) is 0 Å². The molecule has 0 amide bonds. The molecule has 0 aromatic heterocycles. The lowest BCUT2D eigenvalue weighted by Crippen LogP contribution is -2.43. The monoisotopic (exact) mass is 504 g/mol. The van der Waals surface area contributed by atoms with Gasteiger partial charge in [0, 0.05) is 23.7 Å². The number of esters is 2. The molecule has 4 aliphatic carbocycles. The van der Waals surface area contributed by atoms with E-state index in [4.69, 9.17) is 9.47 Å². The molecule has 37 heavy (non-hydrogen) atoms. The van der Waals surface area contributed by atoms with Crippen molar-refractivity contribution < 1.29 is 19.1 Å². The number of carbonyl (C=O) groups is 2. The molecule has 0 fully saturated rings. The molecule has 0 N–H and O–H groups in total. The third kappa shape index (κ3) is 4.84. The van der Waals surface area contributed by atoms with Gasteiger partial charge >= 0.3 is 11.9 Å². The Bertz CT molecular complexity index is 1020. The highest BCUT2D eigenvalue weighted by Gasteiger charge is 2.48. The Kier molecular flexibility index (Phi) is 8.16. The normalized spacial score (nSPS) is 34.0. The van der Waals surface area contributed by atoms with Crippen molar-refractivity contribution >= 4 is 11.9 Å². The van der Waals surface area contributed by atoms with Crippen molar-refractivity contribution in [2.75, 3.05) is 0 Å². The van der Waals surface area contributed by atoms with E-state index in [1.165, 1.54) is 11.1 Å². The molecule has 6 atom stereocenters. The third-order valence-electron chi connectivity index (χ3n) is 9.12. The summed E-state index contributed by atoms with van der Waals surface area (Å²) in [6.07, 6.45) is 22.7. The van der Waals surface area contributed by atoms with Crippen LogP contribution in [0.25, 0.3) is 0 Å². The van der Waals surface area contributed by atoms with Gasteiger partial charge < -0.3 is 9.47 Å². The summed E-state index contributed by atoms with van der Waals surface area (Å²) in [5.41, 5.74) is 1.99. The van der Waals surface area contributed by atoms with Crippen molar-refractivity contribution in [3.63, 3.8) is 0 Å². The molecule has 0 aliphatic heterocycles. The van der Waals surface area contributed by atoms with Crippen molar-refractivity contribution in [1.82, 2.24) is 0 Å². The second-order valence-corrected chi connectivity index (χ2v) is 11.0. The summed E-state index contributed by atoms with van der Waals surface area (Å²) in [5.74, 6) is -0.677. The van der Waals surface area contributed by atoms with Crippen LogP contribution >= 0.6 is 0 Å². The average Bonchev–Trinajstić information content (AvgIpc) is 3.55. The van der Waals surface area contributed by atoms with Crippen molar-refractivity contribution in [1.29, 1.82) is 0 Å². The molecular weight excluding hydrogens is 460 g/mol. The predicted octanol–water partition coefficient (Wildman–Crippen LogP) is 7.74. The van der Waals surface area contributed by atoms with E-state index in [-0.39, 0.29) is 35.6 Å². The van der Waals surface area contributed by atoms with Gasteiger partial charge in [-0.1, -0.05) is 78.0 Å². The molecule has 0 aromatic carbocycles. The molecule has 0 saturated carbocycles. The molecule has 0 spiro atoms. The van der Waals surface area contributed by atoms with Gasteiger partial charge in [0.15, 0.2) is 0 Å². The van der Waals surface area contributed by atoms with Crippen LogP contribution < -0.4 is 0 Å². The summed E-state index contributed by atoms with van der Waals surface area (Å²) in [7, 11) is 0. The lowest BCUT2D eigenvalue weighted by atomic mass is 9.77. The first-order valence-electron chi connectivity index (χ1n) is 14.5. The van der Waals surface area contributed by atoms with Crippen LogP contribution in [0.5, 0.6) is 0 Å². The Hall–Kier alpha value is -2.62. The maximum atomic E-state index is 13.9. The van der Waals surface area contributed by atoms with E-state index >= 15 is 0 Å². The van der Waals surface area contributed by atoms with E-state index in [1.54, 1.807) is 0 Å². The zero-order valence-electron chi connectivity index (χ0n) is 23.5. The summed E-state index contributed by atoms with van der Waals surface area (Å²) in [6.45, 7) is 12.7. The van der Waals surface area contributed by atoms with Crippen LogP contribution in [0.2, 0.25) is 0 Å². The fraction of sp³-hybridized carbons (Fsp3) is 0.576. The minimum Gasteiger partial charge on any atom is -0.451 e. The highest BCUT2D eigenvalue weighted by atomic mass is 16.6. The van der Waals surface area contributed by atoms with Crippen molar-refractivity contribution in [2.24, 2.45) is 23.7 Å². The fourth-order valence-corrected chi connectivity index (χ4v) is 6.73. The first-order valence-corrected chi connectivity index (χ1v) is 14.5. The minimum absolute atomic E-state index is 0.0877. The Morgan fingerprint density at radius 3 is 1.43 bits per heavy atom. The molecule has 0 radical (unpaired) electrons. The van der Waals surface area contributed by atoms with Crippen LogP contribution in [0.4, 0.5) is 0 Å². The van der Waals surface area contributed by atoms with E-state index in [2.05, 4.69) is 90.2 Å². The van der Waals surface area contributed by atoms with E-state index in [0.717, 1.165) is 32.1 Å². The maximum absolute atomic E-state index is 13.9. The maximum Gasteiger partial charge on any atom is 0.336 e. The lowest BCUT2D eigenvalue weighted by Gasteiger charge is -2.39. The molecule has 0 heterocycles. The zero-order chi connectivity index (χ0) is 26.8. The van der Waals surface area contributed by atoms with Crippen LogP contribution in [0, 0.1) is 23.7 Å². The number of allylic oxidation sites excluding steroid dienone is 6. The summed E-state index contributed by atoms with van der Waals surface area (Å²) >= 11 is 0. The van der Waals surface area contributed by atoms with Crippen molar-refractivity contribution in [2.45, 2.75) is 97.7 Å². The van der Waals surface area contributed by atoms with E-state index < -0.39 is 11.2 Å². The van der Waals surface area contributed by atoms with Gasteiger partial charge in [-0.25, -0.2) is 9.59 Å². The number of carbonyl (C=O) groups excluding carboxylic acids is 2. The molecule has 2 bridgehead atoms. The van der Waals surface area contributed by atoms with Crippen LogP contribution in [0.3, 0.4) is 0 Å². The van der Waals surface area contributed by atoms with Crippen molar-refractivity contribution in [3.8, 4) is 0 Å². The van der Waals surface area contributed by atoms with Crippen LogP contribution in [-0.2, 0) is 19.1 Å². The van der Waals surface area contributed by atoms with Gasteiger partial charge in [0.25, 0.3) is 0 Å². The summed E-state index contributed by atoms with van der Waals surface area (Å²) < 4.78 is 12.8. The standard InChI is InChI=1S/C33H44O4/c1-7-22-13-17-26(9-3)32(11-5,20-22)36-30(34)28-24-15-16-25(19-24)29(28)31(35)37-33(12-6)21-23(8-2)14-18-27(33)10-4/h13-18,20-21,24-27H,7-12,19H2,1-6H3. The number of rotatable bonds is 10. The summed E-state index contributed by atoms with van der Waals surface area (Å²) in [4.78, 5) is 27.8. The van der Waals surface area contributed by atoms with Gasteiger partial charge in [0.05, 0.1) is 11.1 Å². The third-order valence-corrected chi connectivity index (χ3v) is 9.12. The Balaban J connectivity index is 1.67. The van der Waals surface area contributed by atoms with Gasteiger partial charge in [0.1, 0.15) is 11.2 Å². The first kappa shape index (κ1) is 27.4.